The third kappa shape index (κ3) is 2.28. The Morgan fingerprint density at radius 3 is 2.00 bits per heavy atom. The fourth-order valence-corrected chi connectivity index (χ4v) is 1.17. The zero-order valence-electron chi connectivity index (χ0n) is 8.29. The highest BCUT2D eigenvalue weighted by Gasteiger charge is 2.03. The van der Waals surface area contributed by atoms with Gasteiger partial charge < -0.3 is 0 Å². The first-order chi connectivity index (χ1) is 6.13. The zero-order valence-corrected chi connectivity index (χ0v) is 8.29. The first-order valence-electron chi connectivity index (χ1n) is 4.36. The third-order valence-corrected chi connectivity index (χ3v) is 2.30. The van der Waals surface area contributed by atoms with Crippen LogP contribution in [0.5, 0.6) is 0 Å². The summed E-state index contributed by atoms with van der Waals surface area (Å²) >= 11 is 0. The van der Waals surface area contributed by atoms with Crippen LogP contribution in [0.25, 0.3) is 5.57 Å². The molecule has 1 heteroatoms. The predicted octanol–water partition coefficient (Wildman–Crippen LogP) is 3.07. The molecule has 0 bridgehead atoms. The second-order valence-corrected chi connectivity index (χ2v) is 3.17. The fraction of sp³-hybridized carbons (Fsp3) is 0.250. The molecule has 1 nitrogen and oxygen atoms in total. The lowest BCUT2D eigenvalue weighted by molar-refractivity contribution is -0.113. The number of carbonyl (C=O) groups excluding carboxylic acids is 1. The van der Waals surface area contributed by atoms with Crippen molar-refractivity contribution in [1.29, 1.82) is 0 Å². The Hall–Kier alpha value is -1.37. The van der Waals surface area contributed by atoms with Gasteiger partial charge in [-0.05, 0) is 37.5 Å². The zero-order chi connectivity index (χ0) is 9.84. The number of hydrogen-bond donors (Lipinski definition) is 0. The second-order valence-electron chi connectivity index (χ2n) is 3.17. The summed E-state index contributed by atoms with van der Waals surface area (Å²) < 4.78 is 0. The maximum Gasteiger partial charge on any atom is 0.155 e. The van der Waals surface area contributed by atoms with E-state index >= 15 is 0 Å². The summed E-state index contributed by atoms with van der Waals surface area (Å²) in [4.78, 5) is 11.1. The smallest absolute Gasteiger partial charge is 0.155 e. The molecule has 13 heavy (non-hydrogen) atoms. The maximum absolute atomic E-state index is 11.1. The molecule has 0 spiro atoms. The van der Waals surface area contributed by atoms with Gasteiger partial charge in [0.2, 0.25) is 0 Å². The summed E-state index contributed by atoms with van der Waals surface area (Å²) in [6, 6.07) is 9.96. The van der Waals surface area contributed by atoms with Crippen LogP contribution in [0.15, 0.2) is 35.9 Å². The van der Waals surface area contributed by atoms with E-state index in [4.69, 9.17) is 0 Å². The van der Waals surface area contributed by atoms with E-state index in [2.05, 4.69) is 0 Å². The topological polar surface area (TPSA) is 17.1 Å². The lowest BCUT2D eigenvalue weighted by Crippen LogP contribution is -1.95. The van der Waals surface area contributed by atoms with Gasteiger partial charge in [-0.15, -0.1) is 0 Å². The van der Waals surface area contributed by atoms with E-state index in [1.54, 1.807) is 6.92 Å². The number of hydrogen-bond acceptors (Lipinski definition) is 1. The largest absolute Gasteiger partial charge is 0.295 e. The van der Waals surface area contributed by atoms with Crippen molar-refractivity contribution in [2.24, 2.45) is 0 Å². The van der Waals surface area contributed by atoms with Crippen LogP contribution in [0, 0.1) is 0 Å². The molecule has 1 aromatic rings. The van der Waals surface area contributed by atoms with Gasteiger partial charge in [0.1, 0.15) is 0 Å². The molecule has 0 N–H and O–H groups in total. The summed E-state index contributed by atoms with van der Waals surface area (Å²) in [5.41, 5.74) is 3.02. The van der Waals surface area contributed by atoms with E-state index in [-0.39, 0.29) is 5.78 Å². The Bertz CT molecular complexity index is 333. The standard InChI is InChI=1S/C12H14O/c1-9(11(3)13)10(2)12-7-5-4-6-8-12/h4-8H,1-3H3. The molecule has 0 aliphatic carbocycles. The summed E-state index contributed by atoms with van der Waals surface area (Å²) in [5.74, 6) is 0.140. The molecule has 0 fully saturated rings. The number of ketones is 1. The molecule has 0 heterocycles. The molecule has 0 amide bonds. The van der Waals surface area contributed by atoms with Crippen LogP contribution in [0.4, 0.5) is 0 Å². The van der Waals surface area contributed by atoms with Crippen molar-refractivity contribution in [3.63, 3.8) is 0 Å². The Morgan fingerprint density at radius 2 is 1.54 bits per heavy atom. The maximum atomic E-state index is 11.1. The Kier molecular flexibility index (Phi) is 3.02. The number of benzene rings is 1. The van der Waals surface area contributed by atoms with Crippen LogP contribution in [0.3, 0.4) is 0 Å². The van der Waals surface area contributed by atoms with Crippen molar-refractivity contribution in [2.75, 3.05) is 0 Å². The third-order valence-electron chi connectivity index (χ3n) is 2.30. The lowest BCUT2D eigenvalue weighted by atomic mass is 10.0. The van der Waals surface area contributed by atoms with Crippen LogP contribution >= 0.6 is 0 Å². The molecule has 0 saturated heterocycles. The highest BCUT2D eigenvalue weighted by Crippen LogP contribution is 2.17. The average molecular weight is 174 g/mol. The van der Waals surface area contributed by atoms with Crippen molar-refractivity contribution in [3.05, 3.63) is 41.5 Å². The highest BCUT2D eigenvalue weighted by atomic mass is 16.1. The van der Waals surface area contributed by atoms with Crippen LogP contribution < -0.4 is 0 Å². The molecule has 0 radical (unpaired) electrons. The fourth-order valence-electron chi connectivity index (χ4n) is 1.17. The second kappa shape index (κ2) is 4.04. The van der Waals surface area contributed by atoms with Crippen molar-refractivity contribution in [1.82, 2.24) is 0 Å². The van der Waals surface area contributed by atoms with E-state index in [0.717, 1.165) is 16.7 Å². The van der Waals surface area contributed by atoms with E-state index in [9.17, 15) is 4.79 Å². The minimum absolute atomic E-state index is 0.140. The number of Topliss-reactive ketones (excluding diaryl/α,β-unsaturated/α-hetero) is 1. The van der Waals surface area contributed by atoms with Gasteiger partial charge in [0.05, 0.1) is 0 Å². The Morgan fingerprint density at radius 1 is 1.00 bits per heavy atom. The molecule has 68 valence electrons. The van der Waals surface area contributed by atoms with Crippen LogP contribution in [-0.2, 0) is 4.79 Å². The normalized spacial score (nSPS) is 12.2. The van der Waals surface area contributed by atoms with Crippen LogP contribution in [0.2, 0.25) is 0 Å². The molecule has 0 saturated carbocycles. The molecule has 0 aliphatic rings. The van der Waals surface area contributed by atoms with E-state index in [1.165, 1.54) is 0 Å². The first-order valence-corrected chi connectivity index (χ1v) is 4.36. The molecule has 1 rings (SSSR count). The summed E-state index contributed by atoms with van der Waals surface area (Å²) in [5, 5.41) is 0. The SMILES string of the molecule is CC(=O)C(C)=C(C)c1ccccc1. The van der Waals surface area contributed by atoms with Gasteiger partial charge in [-0.3, -0.25) is 4.79 Å². The monoisotopic (exact) mass is 174 g/mol. The van der Waals surface area contributed by atoms with Crippen molar-refractivity contribution >= 4 is 11.4 Å². The van der Waals surface area contributed by atoms with Crippen molar-refractivity contribution in [3.8, 4) is 0 Å². The minimum atomic E-state index is 0.140. The van der Waals surface area contributed by atoms with Crippen molar-refractivity contribution in [2.45, 2.75) is 20.8 Å². The van der Waals surface area contributed by atoms with Gasteiger partial charge in [-0.2, -0.15) is 0 Å². The van der Waals surface area contributed by atoms with Crippen LogP contribution in [0.1, 0.15) is 26.3 Å². The molecular formula is C12H14O. The quantitative estimate of drug-likeness (QED) is 0.630. The van der Waals surface area contributed by atoms with Gasteiger partial charge in [0, 0.05) is 0 Å². The van der Waals surface area contributed by atoms with E-state index < -0.39 is 0 Å². The number of carbonyl (C=O) groups is 1. The molecule has 0 unspecified atom stereocenters. The average Bonchev–Trinajstić information content (AvgIpc) is 2.17. The highest BCUT2D eigenvalue weighted by molar-refractivity contribution is 6.00. The molecular weight excluding hydrogens is 160 g/mol. The van der Waals surface area contributed by atoms with Gasteiger partial charge in [0.15, 0.2) is 5.78 Å². The summed E-state index contributed by atoms with van der Waals surface area (Å²) in [6.07, 6.45) is 0. The van der Waals surface area contributed by atoms with E-state index in [0.29, 0.717) is 0 Å². The first kappa shape index (κ1) is 9.72. The van der Waals surface area contributed by atoms with Gasteiger partial charge >= 0.3 is 0 Å². The van der Waals surface area contributed by atoms with E-state index in [1.807, 2.05) is 44.2 Å². The predicted molar refractivity (Wildman–Crippen MR) is 55.4 cm³/mol. The Balaban J connectivity index is 3.11. The van der Waals surface area contributed by atoms with Crippen LogP contribution in [-0.4, -0.2) is 5.78 Å². The molecule has 0 atom stereocenters. The van der Waals surface area contributed by atoms with Crippen molar-refractivity contribution < 1.29 is 4.79 Å². The summed E-state index contributed by atoms with van der Waals surface area (Å²) in [6.45, 7) is 5.44. The number of allylic oxidation sites excluding steroid dienone is 2. The molecule has 0 aromatic heterocycles. The van der Waals surface area contributed by atoms with Gasteiger partial charge in [-0.25, -0.2) is 0 Å². The number of rotatable bonds is 2. The van der Waals surface area contributed by atoms with Gasteiger partial charge in [0.25, 0.3) is 0 Å². The summed E-state index contributed by atoms with van der Waals surface area (Å²) in [7, 11) is 0. The minimum Gasteiger partial charge on any atom is -0.295 e. The van der Waals surface area contributed by atoms with Gasteiger partial charge in [-0.1, -0.05) is 30.3 Å². The lowest BCUT2D eigenvalue weighted by Gasteiger charge is -2.04. The molecule has 1 aromatic carbocycles. The Labute approximate surface area is 79.1 Å². The molecule has 0 aliphatic heterocycles.